The molecule has 0 unspecified atom stereocenters. The molecule has 4 aromatic rings. The quantitative estimate of drug-likeness (QED) is 0.594. The van der Waals surface area contributed by atoms with Crippen molar-refractivity contribution >= 4 is 39.2 Å². The van der Waals surface area contributed by atoms with Gasteiger partial charge in [0.15, 0.2) is 4.96 Å². The van der Waals surface area contributed by atoms with Crippen LogP contribution in [-0.2, 0) is 0 Å². The molecular weight excluding hydrogens is 340 g/mol. The molecule has 0 fully saturated rings. The van der Waals surface area contributed by atoms with Crippen molar-refractivity contribution in [3.8, 4) is 11.3 Å². The van der Waals surface area contributed by atoms with Gasteiger partial charge in [0.2, 0.25) is 0 Å². The molecule has 0 bridgehead atoms. The number of hydrogen-bond acceptors (Lipinski definition) is 5. The van der Waals surface area contributed by atoms with Gasteiger partial charge in [-0.1, -0.05) is 12.1 Å². The summed E-state index contributed by atoms with van der Waals surface area (Å²) in [5, 5.41) is 5.82. The molecule has 0 radical (unpaired) electrons. The van der Waals surface area contributed by atoms with Crippen LogP contribution in [0.3, 0.4) is 0 Å². The zero-order valence-corrected chi connectivity index (χ0v) is 14.7. The molecule has 1 amide bonds. The molecule has 3 aromatic heterocycles. The third-order valence-electron chi connectivity index (χ3n) is 3.64. The molecule has 0 aliphatic carbocycles. The van der Waals surface area contributed by atoms with E-state index < -0.39 is 0 Å². The van der Waals surface area contributed by atoms with Crippen molar-refractivity contribution < 1.29 is 4.79 Å². The van der Waals surface area contributed by atoms with Gasteiger partial charge < -0.3 is 5.32 Å². The van der Waals surface area contributed by atoms with Crippen LogP contribution in [0, 0.1) is 13.8 Å². The highest BCUT2D eigenvalue weighted by atomic mass is 32.1. The summed E-state index contributed by atoms with van der Waals surface area (Å²) in [4.78, 5) is 22.8. The predicted molar refractivity (Wildman–Crippen MR) is 98.0 cm³/mol. The smallest absolute Gasteiger partial charge is 0.267 e. The second kappa shape index (κ2) is 5.85. The zero-order chi connectivity index (χ0) is 16.7. The molecule has 0 saturated heterocycles. The minimum Gasteiger partial charge on any atom is -0.321 e. The van der Waals surface area contributed by atoms with E-state index in [4.69, 9.17) is 0 Å². The van der Waals surface area contributed by atoms with Crippen LogP contribution >= 0.6 is 22.7 Å². The van der Waals surface area contributed by atoms with Crippen LogP contribution in [0.4, 0.5) is 5.69 Å². The Hall–Kier alpha value is -2.51. The van der Waals surface area contributed by atoms with Gasteiger partial charge in [0.05, 0.1) is 16.4 Å². The fourth-order valence-corrected chi connectivity index (χ4v) is 4.04. The Bertz CT molecular complexity index is 998. The van der Waals surface area contributed by atoms with Crippen molar-refractivity contribution in [1.82, 2.24) is 14.4 Å². The van der Waals surface area contributed by atoms with Gasteiger partial charge in [-0.15, -0.1) is 22.7 Å². The van der Waals surface area contributed by atoms with E-state index in [0.717, 1.165) is 32.6 Å². The first-order valence-corrected chi connectivity index (χ1v) is 9.08. The van der Waals surface area contributed by atoms with Gasteiger partial charge in [-0.3, -0.25) is 9.20 Å². The molecule has 0 saturated carbocycles. The summed E-state index contributed by atoms with van der Waals surface area (Å²) in [5.41, 5.74) is 3.47. The van der Waals surface area contributed by atoms with Gasteiger partial charge in [0.25, 0.3) is 5.91 Å². The van der Waals surface area contributed by atoms with E-state index in [-0.39, 0.29) is 5.91 Å². The molecule has 1 N–H and O–H groups in total. The molecule has 24 heavy (non-hydrogen) atoms. The number of aryl methyl sites for hydroxylation is 2. The highest BCUT2D eigenvalue weighted by Crippen LogP contribution is 2.24. The van der Waals surface area contributed by atoms with Gasteiger partial charge in [0.1, 0.15) is 4.88 Å². The van der Waals surface area contributed by atoms with Crippen LogP contribution < -0.4 is 5.32 Å². The summed E-state index contributed by atoms with van der Waals surface area (Å²) in [6, 6.07) is 7.72. The Balaban J connectivity index is 1.54. The lowest BCUT2D eigenvalue weighted by Crippen LogP contribution is -2.11. The second-order valence-corrected chi connectivity index (χ2v) is 7.47. The first kappa shape index (κ1) is 15.0. The summed E-state index contributed by atoms with van der Waals surface area (Å²) in [7, 11) is 0. The van der Waals surface area contributed by atoms with Crippen LogP contribution in [0.15, 0.2) is 42.0 Å². The lowest BCUT2D eigenvalue weighted by Gasteiger charge is -2.05. The Kier molecular flexibility index (Phi) is 3.66. The normalized spacial score (nSPS) is 11.1. The summed E-state index contributed by atoms with van der Waals surface area (Å²) in [5.74, 6) is -0.117. The van der Waals surface area contributed by atoms with Gasteiger partial charge >= 0.3 is 0 Å². The Labute approximate surface area is 146 Å². The third kappa shape index (κ3) is 2.72. The van der Waals surface area contributed by atoms with E-state index in [1.54, 1.807) is 11.3 Å². The molecule has 1 aromatic carbocycles. The van der Waals surface area contributed by atoms with E-state index in [1.807, 2.05) is 60.3 Å². The largest absolute Gasteiger partial charge is 0.321 e. The third-order valence-corrected chi connectivity index (χ3v) is 5.48. The van der Waals surface area contributed by atoms with Crippen LogP contribution in [0.25, 0.3) is 16.2 Å². The van der Waals surface area contributed by atoms with E-state index in [0.29, 0.717) is 4.88 Å². The number of aromatic nitrogens is 3. The highest BCUT2D eigenvalue weighted by molar-refractivity contribution is 7.15. The number of carbonyl (C=O) groups is 1. The monoisotopic (exact) mass is 354 g/mol. The number of benzene rings is 1. The minimum absolute atomic E-state index is 0.117. The second-order valence-electron chi connectivity index (χ2n) is 5.40. The number of nitrogens with one attached hydrogen (secondary N) is 1. The van der Waals surface area contributed by atoms with Crippen molar-refractivity contribution in [3.63, 3.8) is 0 Å². The number of thiazole rings is 2. The lowest BCUT2D eigenvalue weighted by atomic mass is 10.1. The maximum absolute atomic E-state index is 12.3. The van der Waals surface area contributed by atoms with E-state index in [2.05, 4.69) is 15.3 Å². The molecular formula is C17H14N4OS2. The summed E-state index contributed by atoms with van der Waals surface area (Å²) in [6.45, 7) is 3.75. The standard InChI is InChI=1S/C17H14N4OS2/c1-10-15(24-11(2)18-10)16(22)19-13-5-3-12(4-6-13)14-9-21-7-8-23-17(21)20-14/h3-9H,1-2H3,(H,19,22). The highest BCUT2D eigenvalue weighted by Gasteiger charge is 2.14. The van der Waals surface area contributed by atoms with E-state index in [1.165, 1.54) is 11.3 Å². The molecule has 3 heterocycles. The number of rotatable bonds is 3. The van der Waals surface area contributed by atoms with Gasteiger partial charge in [0, 0.05) is 29.0 Å². The first-order chi connectivity index (χ1) is 11.6. The maximum atomic E-state index is 12.3. The summed E-state index contributed by atoms with van der Waals surface area (Å²) >= 11 is 3.02. The van der Waals surface area contributed by atoms with E-state index >= 15 is 0 Å². The molecule has 0 aliphatic heterocycles. The van der Waals surface area contributed by atoms with Crippen LogP contribution in [-0.4, -0.2) is 20.3 Å². The number of fused-ring (bicyclic) bond motifs is 1. The van der Waals surface area contributed by atoms with Gasteiger partial charge in [-0.05, 0) is 26.0 Å². The Morgan fingerprint density at radius 1 is 1.17 bits per heavy atom. The Morgan fingerprint density at radius 2 is 1.96 bits per heavy atom. The SMILES string of the molecule is Cc1nc(C)c(C(=O)Nc2ccc(-c3cn4ccsc4n3)cc2)s1. The molecule has 7 heteroatoms. The Morgan fingerprint density at radius 3 is 2.62 bits per heavy atom. The zero-order valence-electron chi connectivity index (χ0n) is 13.1. The van der Waals surface area contributed by atoms with Crippen LogP contribution in [0.5, 0.6) is 0 Å². The van der Waals surface area contributed by atoms with Crippen molar-refractivity contribution in [2.75, 3.05) is 5.32 Å². The number of amides is 1. The number of nitrogens with zero attached hydrogens (tertiary/aromatic N) is 3. The van der Waals surface area contributed by atoms with Gasteiger partial charge in [-0.25, -0.2) is 9.97 Å². The topological polar surface area (TPSA) is 59.3 Å². The molecule has 0 atom stereocenters. The summed E-state index contributed by atoms with van der Waals surface area (Å²) < 4.78 is 2.00. The number of hydrogen-bond donors (Lipinski definition) is 1. The molecule has 0 aliphatic rings. The van der Waals surface area contributed by atoms with E-state index in [9.17, 15) is 4.79 Å². The van der Waals surface area contributed by atoms with Crippen molar-refractivity contribution in [2.24, 2.45) is 0 Å². The molecule has 4 rings (SSSR count). The fourth-order valence-electron chi connectivity index (χ4n) is 2.52. The van der Waals surface area contributed by atoms with Crippen molar-refractivity contribution in [3.05, 3.63) is 57.6 Å². The predicted octanol–water partition coefficient (Wildman–Crippen LogP) is 4.39. The van der Waals surface area contributed by atoms with Crippen molar-refractivity contribution in [1.29, 1.82) is 0 Å². The lowest BCUT2D eigenvalue weighted by molar-refractivity contribution is 0.103. The average Bonchev–Trinajstić information content (AvgIpc) is 3.22. The van der Waals surface area contributed by atoms with Gasteiger partial charge in [-0.2, -0.15) is 0 Å². The fraction of sp³-hybridized carbons (Fsp3) is 0.118. The molecule has 0 spiro atoms. The summed E-state index contributed by atoms with van der Waals surface area (Å²) in [6.07, 6.45) is 3.99. The maximum Gasteiger partial charge on any atom is 0.267 e. The van der Waals surface area contributed by atoms with Crippen LogP contribution in [0.2, 0.25) is 0 Å². The molecule has 120 valence electrons. The number of carbonyl (C=O) groups excluding carboxylic acids is 1. The first-order valence-electron chi connectivity index (χ1n) is 7.38. The average molecular weight is 354 g/mol. The van der Waals surface area contributed by atoms with Crippen LogP contribution in [0.1, 0.15) is 20.4 Å². The number of anilines is 1. The van der Waals surface area contributed by atoms with Crippen molar-refractivity contribution in [2.45, 2.75) is 13.8 Å². The minimum atomic E-state index is -0.117. The number of imidazole rings is 1. The molecule has 5 nitrogen and oxygen atoms in total.